The first-order chi connectivity index (χ1) is 12.3. The summed E-state index contributed by atoms with van der Waals surface area (Å²) in [7, 11) is 0. The summed E-state index contributed by atoms with van der Waals surface area (Å²) in [6.45, 7) is 0. The van der Waals surface area contributed by atoms with Crippen molar-refractivity contribution in [2.45, 2.75) is 0 Å². The molecule has 1 amide bonds. The number of rotatable bonds is 2. The van der Waals surface area contributed by atoms with E-state index >= 15 is 0 Å². The van der Waals surface area contributed by atoms with Crippen molar-refractivity contribution in [1.29, 1.82) is 0 Å². The fraction of sp³-hybridized carbons (Fsp3) is 0. The van der Waals surface area contributed by atoms with Crippen LogP contribution < -0.4 is 4.90 Å². The summed E-state index contributed by atoms with van der Waals surface area (Å²) in [6, 6.07) is 27.5. The largest absolute Gasteiger partial charge is 0.268 e. The monoisotopic (exact) mass is 322 g/mol. The van der Waals surface area contributed by atoms with Gasteiger partial charge in [0, 0.05) is 11.1 Å². The molecule has 3 heteroatoms. The number of anilines is 1. The lowest BCUT2D eigenvalue weighted by atomic mass is 9.97. The second-order valence-electron chi connectivity index (χ2n) is 6.04. The van der Waals surface area contributed by atoms with E-state index in [9.17, 15) is 4.79 Å². The number of aliphatic imine (C=N–C) groups is 1. The standard InChI is InChI=1S/C22H14N2O/c25-22-19(15-9-3-1-4-10-15)20-17-13-7-8-14-18(17)23-21(20)24(22)16-11-5-2-6-12-16/h1-14H. The number of amidine groups is 1. The number of hydrogen-bond donors (Lipinski definition) is 0. The van der Waals surface area contributed by atoms with Crippen molar-refractivity contribution in [2.24, 2.45) is 4.99 Å². The molecule has 0 fully saturated rings. The highest BCUT2D eigenvalue weighted by atomic mass is 16.2. The number of carbonyl (C=O) groups is 1. The molecule has 0 saturated heterocycles. The normalized spacial score (nSPS) is 15.3. The molecule has 0 aliphatic carbocycles. The summed E-state index contributed by atoms with van der Waals surface area (Å²) in [6.07, 6.45) is 0. The van der Waals surface area contributed by atoms with Gasteiger partial charge in [-0.3, -0.25) is 9.69 Å². The molecule has 3 nitrogen and oxygen atoms in total. The summed E-state index contributed by atoms with van der Waals surface area (Å²) in [5.41, 5.74) is 5.33. The SMILES string of the molecule is O=C1C(c2ccccc2)=C2C(=Nc3ccccc32)N1c1ccccc1. The van der Waals surface area contributed by atoms with Crippen LogP contribution in [0, 0.1) is 0 Å². The lowest BCUT2D eigenvalue weighted by Crippen LogP contribution is -2.30. The molecule has 2 heterocycles. The van der Waals surface area contributed by atoms with Crippen molar-refractivity contribution in [3.8, 4) is 0 Å². The third kappa shape index (κ3) is 1.99. The highest BCUT2D eigenvalue weighted by Gasteiger charge is 2.41. The van der Waals surface area contributed by atoms with Gasteiger partial charge in [-0.25, -0.2) is 4.99 Å². The van der Waals surface area contributed by atoms with Crippen LogP contribution in [0.25, 0.3) is 11.1 Å². The summed E-state index contributed by atoms with van der Waals surface area (Å²) in [5.74, 6) is 0.692. The highest BCUT2D eigenvalue weighted by molar-refractivity contribution is 6.59. The summed E-state index contributed by atoms with van der Waals surface area (Å²) in [4.78, 5) is 19.8. The van der Waals surface area contributed by atoms with Crippen molar-refractivity contribution in [3.63, 3.8) is 0 Å². The van der Waals surface area contributed by atoms with E-state index < -0.39 is 0 Å². The number of nitrogens with zero attached hydrogens (tertiary/aromatic N) is 2. The van der Waals surface area contributed by atoms with Crippen LogP contribution in [0.5, 0.6) is 0 Å². The number of benzene rings is 3. The topological polar surface area (TPSA) is 32.7 Å². The first kappa shape index (κ1) is 13.9. The van der Waals surface area contributed by atoms with E-state index in [2.05, 4.69) is 0 Å². The third-order valence-electron chi connectivity index (χ3n) is 4.58. The Balaban J connectivity index is 1.78. The number of para-hydroxylation sites is 2. The van der Waals surface area contributed by atoms with Crippen LogP contribution in [-0.4, -0.2) is 11.7 Å². The Bertz CT molecular complexity index is 1050. The van der Waals surface area contributed by atoms with E-state index in [0.29, 0.717) is 5.57 Å². The zero-order valence-electron chi connectivity index (χ0n) is 13.4. The molecule has 25 heavy (non-hydrogen) atoms. The van der Waals surface area contributed by atoms with E-state index in [1.165, 1.54) is 0 Å². The van der Waals surface area contributed by atoms with Gasteiger partial charge in [0.2, 0.25) is 0 Å². The molecule has 2 aliphatic heterocycles. The molecule has 3 aromatic rings. The second kappa shape index (κ2) is 5.28. The maximum atomic E-state index is 13.3. The van der Waals surface area contributed by atoms with Gasteiger partial charge >= 0.3 is 0 Å². The first-order valence-corrected chi connectivity index (χ1v) is 8.22. The Morgan fingerprint density at radius 2 is 1.32 bits per heavy atom. The number of hydrogen-bond acceptors (Lipinski definition) is 2. The fourth-order valence-electron chi connectivity index (χ4n) is 3.49. The Morgan fingerprint density at radius 3 is 2.08 bits per heavy atom. The van der Waals surface area contributed by atoms with Crippen LogP contribution >= 0.6 is 0 Å². The molecule has 2 aliphatic rings. The van der Waals surface area contributed by atoms with Crippen LogP contribution in [-0.2, 0) is 4.79 Å². The molecule has 5 rings (SSSR count). The van der Waals surface area contributed by atoms with Crippen LogP contribution in [0.4, 0.5) is 11.4 Å². The molecule has 3 aromatic carbocycles. The maximum absolute atomic E-state index is 13.3. The Hall–Kier alpha value is -3.46. The van der Waals surface area contributed by atoms with Crippen molar-refractivity contribution >= 4 is 34.3 Å². The van der Waals surface area contributed by atoms with E-state index in [4.69, 9.17) is 4.99 Å². The molecule has 0 spiro atoms. The molecule has 118 valence electrons. The van der Waals surface area contributed by atoms with Crippen LogP contribution in [0.2, 0.25) is 0 Å². The van der Waals surface area contributed by atoms with Gasteiger partial charge < -0.3 is 0 Å². The minimum atomic E-state index is -0.0272. The highest BCUT2D eigenvalue weighted by Crippen LogP contribution is 2.46. The molecule has 0 unspecified atom stereocenters. The lowest BCUT2D eigenvalue weighted by molar-refractivity contribution is -0.112. The minimum Gasteiger partial charge on any atom is -0.268 e. The van der Waals surface area contributed by atoms with Crippen LogP contribution in [0.3, 0.4) is 0 Å². The van der Waals surface area contributed by atoms with Crippen molar-refractivity contribution < 1.29 is 4.79 Å². The lowest BCUT2D eigenvalue weighted by Gasteiger charge is -2.17. The summed E-state index contributed by atoms with van der Waals surface area (Å²) >= 11 is 0. The molecule has 0 atom stereocenters. The van der Waals surface area contributed by atoms with Gasteiger partial charge in [-0.05, 0) is 23.8 Å². The summed E-state index contributed by atoms with van der Waals surface area (Å²) in [5, 5.41) is 0. The van der Waals surface area contributed by atoms with E-state index in [0.717, 1.165) is 33.9 Å². The van der Waals surface area contributed by atoms with Crippen LogP contribution in [0.15, 0.2) is 89.9 Å². The molecular formula is C22H14N2O. The molecule has 0 N–H and O–H groups in total. The van der Waals surface area contributed by atoms with E-state index in [1.807, 2.05) is 84.9 Å². The Morgan fingerprint density at radius 1 is 0.680 bits per heavy atom. The third-order valence-corrected chi connectivity index (χ3v) is 4.58. The van der Waals surface area contributed by atoms with Crippen molar-refractivity contribution in [2.75, 3.05) is 4.90 Å². The van der Waals surface area contributed by atoms with Crippen LogP contribution in [0.1, 0.15) is 11.1 Å². The van der Waals surface area contributed by atoms with Gasteiger partial charge in [-0.15, -0.1) is 0 Å². The minimum absolute atomic E-state index is 0.0272. The van der Waals surface area contributed by atoms with Gasteiger partial charge in [0.25, 0.3) is 5.91 Å². The number of amides is 1. The van der Waals surface area contributed by atoms with Crippen molar-refractivity contribution in [3.05, 3.63) is 96.1 Å². The first-order valence-electron chi connectivity index (χ1n) is 8.22. The summed E-state index contributed by atoms with van der Waals surface area (Å²) < 4.78 is 0. The molecule has 0 bridgehead atoms. The van der Waals surface area contributed by atoms with E-state index in [1.54, 1.807) is 4.90 Å². The van der Waals surface area contributed by atoms with Crippen molar-refractivity contribution in [1.82, 2.24) is 0 Å². The van der Waals surface area contributed by atoms with E-state index in [-0.39, 0.29) is 5.91 Å². The molecular weight excluding hydrogens is 308 g/mol. The number of carbonyl (C=O) groups excluding carboxylic acids is 1. The Labute approximate surface area is 145 Å². The van der Waals surface area contributed by atoms with Gasteiger partial charge in [0.15, 0.2) is 0 Å². The van der Waals surface area contributed by atoms with Gasteiger partial charge in [0.05, 0.1) is 16.9 Å². The quantitative estimate of drug-likeness (QED) is 0.674. The molecule has 0 radical (unpaired) electrons. The van der Waals surface area contributed by atoms with Gasteiger partial charge in [-0.1, -0.05) is 66.7 Å². The number of fused-ring (bicyclic) bond motifs is 3. The zero-order valence-corrected chi connectivity index (χ0v) is 13.4. The average molecular weight is 322 g/mol. The predicted molar refractivity (Wildman–Crippen MR) is 101 cm³/mol. The second-order valence-corrected chi connectivity index (χ2v) is 6.04. The predicted octanol–water partition coefficient (Wildman–Crippen LogP) is 4.69. The fourth-order valence-corrected chi connectivity index (χ4v) is 3.49. The maximum Gasteiger partial charge on any atom is 0.265 e. The van der Waals surface area contributed by atoms with Gasteiger partial charge in [0.1, 0.15) is 5.84 Å². The molecule has 0 saturated carbocycles. The zero-order chi connectivity index (χ0) is 16.8. The Kier molecular flexibility index (Phi) is 2.94. The molecule has 0 aromatic heterocycles. The van der Waals surface area contributed by atoms with Gasteiger partial charge in [-0.2, -0.15) is 0 Å². The smallest absolute Gasteiger partial charge is 0.265 e. The average Bonchev–Trinajstić information content (AvgIpc) is 3.16.